The van der Waals surface area contributed by atoms with Crippen molar-refractivity contribution in [2.75, 3.05) is 0 Å². The summed E-state index contributed by atoms with van der Waals surface area (Å²) in [5.41, 5.74) is 8.14. The van der Waals surface area contributed by atoms with Gasteiger partial charge in [-0.1, -0.05) is 12.8 Å². The van der Waals surface area contributed by atoms with Gasteiger partial charge < -0.3 is 5.73 Å². The van der Waals surface area contributed by atoms with Crippen molar-refractivity contribution in [3.8, 4) is 0 Å². The molecule has 3 nitrogen and oxygen atoms in total. The molecular weight excluding hydrogens is 162 g/mol. The molecule has 0 aromatic carbocycles. The molecule has 13 heavy (non-hydrogen) atoms. The third kappa shape index (κ3) is 1.61. The quantitative estimate of drug-likeness (QED) is 0.748. The molecule has 1 heterocycles. The smallest absolute Gasteiger partial charge is 0.0794 e. The lowest BCUT2D eigenvalue weighted by Gasteiger charge is -2.06. The van der Waals surface area contributed by atoms with Gasteiger partial charge in [-0.3, -0.25) is 4.68 Å². The second-order valence-electron chi connectivity index (χ2n) is 3.89. The number of nitrogens with two attached hydrogens (primary N) is 1. The highest BCUT2D eigenvalue weighted by Gasteiger charge is 2.21. The zero-order chi connectivity index (χ0) is 9.26. The first-order valence-electron chi connectivity index (χ1n) is 5.03. The fourth-order valence-electron chi connectivity index (χ4n) is 2.29. The van der Waals surface area contributed by atoms with Crippen molar-refractivity contribution in [1.82, 2.24) is 9.78 Å². The van der Waals surface area contributed by atoms with Gasteiger partial charge in [0.15, 0.2) is 0 Å². The zero-order valence-corrected chi connectivity index (χ0v) is 8.16. The van der Waals surface area contributed by atoms with Crippen LogP contribution in [0.15, 0.2) is 6.20 Å². The second kappa shape index (κ2) is 3.50. The lowest BCUT2D eigenvalue weighted by atomic mass is 9.98. The number of nitrogens with zero attached hydrogens (tertiary/aromatic N) is 2. The summed E-state index contributed by atoms with van der Waals surface area (Å²) in [6.45, 7) is 0.576. The summed E-state index contributed by atoms with van der Waals surface area (Å²) in [6.07, 6.45) is 7.50. The normalized spacial score (nSPS) is 18.3. The summed E-state index contributed by atoms with van der Waals surface area (Å²) < 4.78 is 1.88. The van der Waals surface area contributed by atoms with E-state index in [0.29, 0.717) is 6.54 Å². The molecule has 1 aliphatic carbocycles. The lowest BCUT2D eigenvalue weighted by Crippen LogP contribution is -2.03. The monoisotopic (exact) mass is 179 g/mol. The number of hydrogen-bond acceptors (Lipinski definition) is 2. The molecule has 0 radical (unpaired) electrons. The van der Waals surface area contributed by atoms with Gasteiger partial charge in [0.25, 0.3) is 0 Å². The van der Waals surface area contributed by atoms with E-state index in [4.69, 9.17) is 5.73 Å². The van der Waals surface area contributed by atoms with E-state index in [1.807, 2.05) is 11.7 Å². The van der Waals surface area contributed by atoms with Crippen molar-refractivity contribution in [2.45, 2.75) is 38.1 Å². The van der Waals surface area contributed by atoms with Crippen LogP contribution in [0.3, 0.4) is 0 Å². The first-order chi connectivity index (χ1) is 6.31. The van der Waals surface area contributed by atoms with Crippen LogP contribution >= 0.6 is 0 Å². The maximum atomic E-state index is 5.66. The fraction of sp³-hybridized carbons (Fsp3) is 0.700. The average molecular weight is 179 g/mol. The molecule has 72 valence electrons. The molecule has 0 bridgehead atoms. The average Bonchev–Trinajstić information content (AvgIpc) is 2.71. The van der Waals surface area contributed by atoms with Gasteiger partial charge in [0, 0.05) is 19.8 Å². The Hall–Kier alpha value is -0.830. The highest BCUT2D eigenvalue weighted by atomic mass is 15.3. The first-order valence-corrected chi connectivity index (χ1v) is 5.03. The molecule has 0 spiro atoms. The maximum Gasteiger partial charge on any atom is 0.0794 e. The predicted molar refractivity (Wildman–Crippen MR) is 52.3 cm³/mol. The van der Waals surface area contributed by atoms with Crippen LogP contribution in [0.4, 0.5) is 0 Å². The van der Waals surface area contributed by atoms with Crippen LogP contribution in [0.5, 0.6) is 0 Å². The van der Waals surface area contributed by atoms with Crippen molar-refractivity contribution >= 4 is 0 Å². The molecule has 0 amide bonds. The Morgan fingerprint density at radius 2 is 2.23 bits per heavy atom. The van der Waals surface area contributed by atoms with Crippen molar-refractivity contribution in [2.24, 2.45) is 12.8 Å². The van der Waals surface area contributed by atoms with E-state index in [2.05, 4.69) is 11.3 Å². The summed E-state index contributed by atoms with van der Waals surface area (Å²) in [5, 5.41) is 4.37. The minimum Gasteiger partial charge on any atom is -0.325 e. The Balaban J connectivity index is 2.26. The Bertz CT molecular complexity index is 284. The summed E-state index contributed by atoms with van der Waals surface area (Å²) in [7, 11) is 1.97. The van der Waals surface area contributed by atoms with Crippen LogP contribution in [0.2, 0.25) is 0 Å². The van der Waals surface area contributed by atoms with Crippen LogP contribution in [0, 0.1) is 0 Å². The molecule has 2 N–H and O–H groups in total. The van der Waals surface area contributed by atoms with Crippen LogP contribution < -0.4 is 5.73 Å². The molecule has 0 aliphatic heterocycles. The summed E-state index contributed by atoms with van der Waals surface area (Å²) >= 11 is 0. The van der Waals surface area contributed by atoms with E-state index < -0.39 is 0 Å². The number of rotatable bonds is 2. The molecule has 2 rings (SSSR count). The van der Waals surface area contributed by atoms with Crippen LogP contribution in [-0.2, 0) is 13.6 Å². The fourth-order valence-corrected chi connectivity index (χ4v) is 2.29. The van der Waals surface area contributed by atoms with Gasteiger partial charge in [0.2, 0.25) is 0 Å². The third-order valence-corrected chi connectivity index (χ3v) is 2.93. The molecule has 1 aromatic rings. The van der Waals surface area contributed by atoms with Gasteiger partial charge in [-0.15, -0.1) is 0 Å². The Kier molecular flexibility index (Phi) is 2.36. The third-order valence-electron chi connectivity index (χ3n) is 2.93. The molecule has 1 fully saturated rings. The lowest BCUT2D eigenvalue weighted by molar-refractivity contribution is 0.711. The standard InChI is InChI=1S/C10H17N3/c1-13-7-9(10(6-11)12-13)8-4-2-3-5-8/h7-8H,2-6,11H2,1H3. The molecule has 0 unspecified atom stereocenters. The van der Waals surface area contributed by atoms with Crippen LogP contribution in [-0.4, -0.2) is 9.78 Å². The highest BCUT2D eigenvalue weighted by molar-refractivity contribution is 5.22. The van der Waals surface area contributed by atoms with Crippen molar-refractivity contribution < 1.29 is 0 Å². The zero-order valence-electron chi connectivity index (χ0n) is 8.16. The number of aryl methyl sites for hydroxylation is 1. The van der Waals surface area contributed by atoms with Crippen LogP contribution in [0.1, 0.15) is 42.9 Å². The summed E-state index contributed by atoms with van der Waals surface area (Å²) in [4.78, 5) is 0. The van der Waals surface area contributed by atoms with Crippen molar-refractivity contribution in [3.05, 3.63) is 17.5 Å². The number of hydrogen-bond donors (Lipinski definition) is 1. The first kappa shape index (κ1) is 8.75. The Morgan fingerprint density at radius 1 is 1.54 bits per heavy atom. The van der Waals surface area contributed by atoms with Crippen LogP contribution in [0.25, 0.3) is 0 Å². The molecule has 3 heteroatoms. The van der Waals surface area contributed by atoms with Gasteiger partial charge in [-0.2, -0.15) is 5.10 Å². The SMILES string of the molecule is Cn1cc(C2CCCC2)c(CN)n1. The van der Waals surface area contributed by atoms with Gasteiger partial charge in [0.05, 0.1) is 5.69 Å². The Morgan fingerprint density at radius 3 is 2.85 bits per heavy atom. The number of aromatic nitrogens is 2. The minimum atomic E-state index is 0.576. The molecule has 1 saturated carbocycles. The van der Waals surface area contributed by atoms with Gasteiger partial charge in [0.1, 0.15) is 0 Å². The molecule has 1 aliphatic rings. The van der Waals surface area contributed by atoms with Gasteiger partial charge in [-0.05, 0) is 24.3 Å². The second-order valence-corrected chi connectivity index (χ2v) is 3.89. The van der Waals surface area contributed by atoms with E-state index >= 15 is 0 Å². The van der Waals surface area contributed by atoms with Gasteiger partial charge >= 0.3 is 0 Å². The van der Waals surface area contributed by atoms with E-state index in [1.165, 1.54) is 31.2 Å². The van der Waals surface area contributed by atoms with E-state index in [-0.39, 0.29) is 0 Å². The molecule has 0 atom stereocenters. The summed E-state index contributed by atoms with van der Waals surface area (Å²) in [5.74, 6) is 0.729. The highest BCUT2D eigenvalue weighted by Crippen LogP contribution is 2.35. The van der Waals surface area contributed by atoms with Gasteiger partial charge in [-0.25, -0.2) is 0 Å². The van der Waals surface area contributed by atoms with Crippen molar-refractivity contribution in [3.63, 3.8) is 0 Å². The molecular formula is C10H17N3. The van der Waals surface area contributed by atoms with Crippen molar-refractivity contribution in [1.29, 1.82) is 0 Å². The van der Waals surface area contributed by atoms with E-state index in [0.717, 1.165) is 11.6 Å². The molecule has 0 saturated heterocycles. The van der Waals surface area contributed by atoms with E-state index in [1.54, 1.807) is 0 Å². The molecule has 1 aromatic heterocycles. The largest absolute Gasteiger partial charge is 0.325 e. The Labute approximate surface area is 78.9 Å². The topological polar surface area (TPSA) is 43.8 Å². The van der Waals surface area contributed by atoms with E-state index in [9.17, 15) is 0 Å². The maximum absolute atomic E-state index is 5.66. The summed E-state index contributed by atoms with van der Waals surface area (Å²) in [6, 6.07) is 0. The minimum absolute atomic E-state index is 0.576. The predicted octanol–water partition coefficient (Wildman–Crippen LogP) is 1.54.